The number of benzene rings is 1. The lowest BCUT2D eigenvalue weighted by Gasteiger charge is -2.12. The van der Waals surface area contributed by atoms with E-state index in [1.165, 1.54) is 12.6 Å². The maximum atomic E-state index is 10.5. The minimum atomic E-state index is -0.248. The predicted octanol–water partition coefficient (Wildman–Crippen LogP) is 1.92. The number of carbonyl (C=O) groups is 3. The van der Waals surface area contributed by atoms with Crippen LogP contribution in [0, 0.1) is 11.8 Å². The van der Waals surface area contributed by atoms with Crippen LogP contribution in [0.4, 0.5) is 5.69 Å². The van der Waals surface area contributed by atoms with Gasteiger partial charge in [-0.05, 0) is 31.2 Å². The van der Waals surface area contributed by atoms with Gasteiger partial charge in [-0.2, -0.15) is 0 Å². The van der Waals surface area contributed by atoms with Crippen LogP contribution < -0.4 is 9.64 Å². The van der Waals surface area contributed by atoms with Gasteiger partial charge >= 0.3 is 0 Å². The summed E-state index contributed by atoms with van der Waals surface area (Å²) in [7, 11) is 5.70. The Hall–Kier alpha value is -2.47. The highest BCUT2D eigenvalue weighted by Gasteiger charge is 2.45. The van der Waals surface area contributed by atoms with Gasteiger partial charge in [-0.1, -0.05) is 12.2 Å². The van der Waals surface area contributed by atoms with E-state index in [-0.39, 0.29) is 24.0 Å². The van der Waals surface area contributed by atoms with Crippen LogP contribution >= 0.6 is 0 Å². The van der Waals surface area contributed by atoms with Gasteiger partial charge in [-0.15, -0.1) is 0 Å². The lowest BCUT2D eigenvalue weighted by atomic mass is 9.85. The molecule has 25 heavy (non-hydrogen) atoms. The number of hydrogen-bond donors (Lipinski definition) is 0. The fourth-order valence-electron chi connectivity index (χ4n) is 2.58. The Kier molecular flexibility index (Phi) is 8.56. The largest absolute Gasteiger partial charge is 0.497 e. The van der Waals surface area contributed by atoms with Crippen LogP contribution in [-0.2, 0) is 19.1 Å². The number of ether oxygens (including phenoxy) is 2. The van der Waals surface area contributed by atoms with Gasteiger partial charge in [0.25, 0.3) is 0 Å². The molecule has 4 unspecified atom stereocenters. The third-order valence-corrected chi connectivity index (χ3v) is 3.91. The van der Waals surface area contributed by atoms with Gasteiger partial charge in [0.1, 0.15) is 24.6 Å². The molecule has 4 atom stereocenters. The lowest BCUT2D eigenvalue weighted by Crippen LogP contribution is -2.26. The second-order valence-electron chi connectivity index (χ2n) is 5.71. The van der Waals surface area contributed by atoms with Gasteiger partial charge in [-0.3, -0.25) is 0 Å². The third kappa shape index (κ3) is 5.53. The molecule has 0 aliphatic carbocycles. The van der Waals surface area contributed by atoms with Gasteiger partial charge in [0.2, 0.25) is 0 Å². The molecule has 2 aliphatic heterocycles. The molecule has 0 N–H and O–H groups in total. The molecule has 1 saturated heterocycles. The Morgan fingerprint density at radius 2 is 1.40 bits per heavy atom. The van der Waals surface area contributed by atoms with Crippen molar-refractivity contribution in [1.29, 1.82) is 0 Å². The van der Waals surface area contributed by atoms with E-state index in [0.29, 0.717) is 0 Å². The van der Waals surface area contributed by atoms with Crippen molar-refractivity contribution in [2.24, 2.45) is 11.8 Å². The molecule has 2 bridgehead atoms. The van der Waals surface area contributed by atoms with Crippen molar-refractivity contribution < 1.29 is 23.9 Å². The molecule has 0 aromatic heterocycles. The SMILES string of the molecule is CC=O.COc1ccc(N(C)C)cc1.O=CC1C2C=CC(O2)C1C=O. The Morgan fingerprint density at radius 3 is 1.72 bits per heavy atom. The van der Waals surface area contributed by atoms with E-state index in [1.807, 2.05) is 50.5 Å². The molecule has 6 nitrogen and oxygen atoms in total. The third-order valence-electron chi connectivity index (χ3n) is 3.91. The summed E-state index contributed by atoms with van der Waals surface area (Å²) >= 11 is 0. The van der Waals surface area contributed by atoms with Crippen molar-refractivity contribution in [3.63, 3.8) is 0 Å². The van der Waals surface area contributed by atoms with Crippen molar-refractivity contribution >= 4 is 24.5 Å². The van der Waals surface area contributed by atoms with Gasteiger partial charge in [-0.25, -0.2) is 0 Å². The Balaban J connectivity index is 0.000000217. The monoisotopic (exact) mass is 347 g/mol. The Bertz CT molecular complexity index is 560. The van der Waals surface area contributed by atoms with Crippen molar-refractivity contribution in [2.75, 3.05) is 26.1 Å². The van der Waals surface area contributed by atoms with Crippen LogP contribution in [0.15, 0.2) is 36.4 Å². The number of aldehydes is 3. The first-order chi connectivity index (χ1) is 12.0. The number of methoxy groups -OCH3 is 1. The van der Waals surface area contributed by atoms with Gasteiger partial charge in [0, 0.05) is 19.8 Å². The van der Waals surface area contributed by atoms with Crippen LogP contribution in [0.2, 0.25) is 0 Å². The van der Waals surface area contributed by atoms with E-state index in [1.54, 1.807) is 7.11 Å². The van der Waals surface area contributed by atoms with Crippen molar-refractivity contribution in [3.8, 4) is 5.75 Å². The number of carbonyl (C=O) groups excluding carboxylic acids is 3. The van der Waals surface area contributed by atoms with E-state index in [0.717, 1.165) is 24.6 Å². The molecule has 136 valence electrons. The van der Waals surface area contributed by atoms with Gasteiger partial charge in [0.05, 0.1) is 31.2 Å². The fourth-order valence-corrected chi connectivity index (χ4v) is 2.58. The average molecular weight is 347 g/mol. The molecule has 1 fully saturated rings. The standard InChI is InChI=1S/C9H13NO.C8H8O3.C2H4O/c1-10(2)8-4-6-9(11-3)7-5-8;9-3-5-6(4-10)8-2-1-7(5)11-8;1-2-3/h4-7H,1-3H3;1-8H;2H,1H3. The number of anilines is 1. The summed E-state index contributed by atoms with van der Waals surface area (Å²) in [5.74, 6) is 0.403. The molecule has 0 amide bonds. The summed E-state index contributed by atoms with van der Waals surface area (Å²) in [5, 5.41) is 0. The van der Waals surface area contributed by atoms with Crippen molar-refractivity contribution in [1.82, 2.24) is 0 Å². The Morgan fingerprint density at radius 1 is 0.960 bits per heavy atom. The van der Waals surface area contributed by atoms with Gasteiger partial charge < -0.3 is 28.8 Å². The van der Waals surface area contributed by atoms with Crippen LogP contribution in [0.3, 0.4) is 0 Å². The zero-order chi connectivity index (χ0) is 18.8. The van der Waals surface area contributed by atoms with Crippen LogP contribution in [0.25, 0.3) is 0 Å². The minimum absolute atomic E-state index is 0.146. The maximum Gasteiger partial charge on any atom is 0.126 e. The molecule has 1 aromatic carbocycles. The first-order valence-corrected chi connectivity index (χ1v) is 7.97. The number of hydrogen-bond acceptors (Lipinski definition) is 6. The van der Waals surface area contributed by atoms with Crippen molar-refractivity contribution in [3.05, 3.63) is 36.4 Å². The molecule has 0 radical (unpaired) electrons. The van der Waals surface area contributed by atoms with Crippen LogP contribution in [-0.4, -0.2) is 52.3 Å². The quantitative estimate of drug-likeness (QED) is 0.612. The highest BCUT2D eigenvalue weighted by atomic mass is 16.5. The second-order valence-corrected chi connectivity index (χ2v) is 5.71. The van der Waals surface area contributed by atoms with E-state index in [9.17, 15) is 9.59 Å². The molecular weight excluding hydrogens is 322 g/mol. The molecule has 0 saturated carbocycles. The van der Waals surface area contributed by atoms with E-state index in [4.69, 9.17) is 14.3 Å². The number of nitrogens with zero attached hydrogens (tertiary/aromatic N) is 1. The van der Waals surface area contributed by atoms with E-state index >= 15 is 0 Å². The first-order valence-electron chi connectivity index (χ1n) is 7.97. The summed E-state index contributed by atoms with van der Waals surface area (Å²) in [4.78, 5) is 31.8. The predicted molar refractivity (Wildman–Crippen MR) is 96.0 cm³/mol. The molecule has 6 heteroatoms. The first kappa shape index (κ1) is 20.6. The second kappa shape index (κ2) is 10.4. The van der Waals surface area contributed by atoms with Crippen LogP contribution in [0.1, 0.15) is 6.92 Å². The van der Waals surface area contributed by atoms with Crippen molar-refractivity contribution in [2.45, 2.75) is 19.1 Å². The summed E-state index contributed by atoms with van der Waals surface area (Å²) in [6.45, 7) is 1.44. The highest BCUT2D eigenvalue weighted by Crippen LogP contribution is 2.36. The molecule has 2 aliphatic rings. The molecule has 0 spiro atoms. The summed E-state index contributed by atoms with van der Waals surface area (Å²) in [6, 6.07) is 7.96. The summed E-state index contributed by atoms with van der Waals surface area (Å²) in [5.41, 5.74) is 1.19. The van der Waals surface area contributed by atoms with E-state index in [2.05, 4.69) is 4.90 Å². The summed E-state index contributed by atoms with van der Waals surface area (Å²) in [6.07, 6.45) is 5.79. The molecule has 2 heterocycles. The van der Waals surface area contributed by atoms with Gasteiger partial charge in [0.15, 0.2) is 0 Å². The normalized spacial score (nSPS) is 25.0. The Labute approximate surface area is 148 Å². The number of fused-ring (bicyclic) bond motifs is 2. The average Bonchev–Trinajstić information content (AvgIpc) is 3.23. The van der Waals surface area contributed by atoms with Crippen LogP contribution in [0.5, 0.6) is 5.75 Å². The lowest BCUT2D eigenvalue weighted by molar-refractivity contribution is -0.118. The fraction of sp³-hybridized carbons (Fsp3) is 0.421. The molecule has 1 aromatic rings. The van der Waals surface area contributed by atoms with E-state index < -0.39 is 0 Å². The highest BCUT2D eigenvalue weighted by molar-refractivity contribution is 5.69. The number of rotatable bonds is 4. The molecule has 3 rings (SSSR count). The maximum absolute atomic E-state index is 10.5. The minimum Gasteiger partial charge on any atom is -0.497 e. The zero-order valence-electron chi connectivity index (χ0n) is 15.0. The summed E-state index contributed by atoms with van der Waals surface area (Å²) < 4.78 is 10.3. The molecular formula is C19H25NO5. The zero-order valence-corrected chi connectivity index (χ0v) is 15.0. The topological polar surface area (TPSA) is 72.9 Å². The smallest absolute Gasteiger partial charge is 0.126 e.